The molecule has 0 spiro atoms. The Hall–Kier alpha value is -1.10. The zero-order chi connectivity index (χ0) is 12.4. The number of rotatable bonds is 8. The van der Waals surface area contributed by atoms with Crippen molar-refractivity contribution in [3.63, 3.8) is 0 Å². The zero-order valence-corrected chi connectivity index (χ0v) is 10.1. The highest BCUT2D eigenvalue weighted by atomic mass is 16.5. The maximum absolute atomic E-state index is 11.2. The van der Waals surface area contributed by atoms with Crippen molar-refractivity contribution in [2.24, 2.45) is 5.92 Å². The van der Waals surface area contributed by atoms with Gasteiger partial charge in [-0.3, -0.25) is 14.8 Å². The molecule has 0 aliphatic rings. The summed E-state index contributed by atoms with van der Waals surface area (Å²) < 4.78 is 0. The van der Waals surface area contributed by atoms with Crippen LogP contribution in [0.15, 0.2) is 0 Å². The highest BCUT2D eigenvalue weighted by molar-refractivity contribution is 5.77. The molecule has 5 nitrogen and oxygen atoms in total. The van der Waals surface area contributed by atoms with Gasteiger partial charge in [0.25, 0.3) is 0 Å². The molecule has 0 radical (unpaired) electrons. The number of hydroxylamine groups is 1. The molecule has 0 aliphatic carbocycles. The zero-order valence-electron chi connectivity index (χ0n) is 10.1. The fraction of sp³-hybridized carbons (Fsp3) is 0.818. The molecule has 0 bridgehead atoms. The van der Waals surface area contributed by atoms with Crippen molar-refractivity contribution < 1.29 is 14.8 Å². The average molecular weight is 230 g/mol. The predicted octanol–water partition coefficient (Wildman–Crippen LogP) is 1.21. The van der Waals surface area contributed by atoms with Crippen molar-refractivity contribution >= 4 is 11.8 Å². The van der Waals surface area contributed by atoms with Crippen molar-refractivity contribution in [3.05, 3.63) is 0 Å². The second-order valence-corrected chi connectivity index (χ2v) is 4.14. The molecule has 0 heterocycles. The second-order valence-electron chi connectivity index (χ2n) is 4.14. The van der Waals surface area contributed by atoms with Crippen LogP contribution in [-0.2, 0) is 9.59 Å². The Balaban J connectivity index is 3.22. The first kappa shape index (κ1) is 14.9. The van der Waals surface area contributed by atoms with E-state index in [0.717, 1.165) is 25.7 Å². The molecule has 0 atom stereocenters. The molecular formula is C11H22N2O3. The van der Waals surface area contributed by atoms with E-state index in [2.05, 4.69) is 5.32 Å². The lowest BCUT2D eigenvalue weighted by Crippen LogP contribution is -2.28. The lowest BCUT2D eigenvalue weighted by molar-refractivity contribution is -0.129. The van der Waals surface area contributed by atoms with Gasteiger partial charge in [-0.2, -0.15) is 0 Å². The molecule has 0 fully saturated rings. The summed E-state index contributed by atoms with van der Waals surface area (Å²) in [6, 6.07) is 0. The standard InChI is InChI=1S/C11H22N2O3/c1-9(2)11(15)12-8-6-4-3-5-7-10(14)13-16/h9,16H,3-8H2,1-2H3,(H,12,15)(H,13,14). The topological polar surface area (TPSA) is 78.4 Å². The maximum Gasteiger partial charge on any atom is 0.243 e. The van der Waals surface area contributed by atoms with Crippen LogP contribution < -0.4 is 10.8 Å². The summed E-state index contributed by atoms with van der Waals surface area (Å²) in [7, 11) is 0. The van der Waals surface area contributed by atoms with Crippen LogP contribution in [0.3, 0.4) is 0 Å². The number of carbonyl (C=O) groups is 2. The Morgan fingerprint density at radius 1 is 1.12 bits per heavy atom. The van der Waals surface area contributed by atoms with E-state index in [-0.39, 0.29) is 17.7 Å². The lowest BCUT2D eigenvalue weighted by atomic mass is 10.1. The monoisotopic (exact) mass is 230 g/mol. The quantitative estimate of drug-likeness (QED) is 0.333. The van der Waals surface area contributed by atoms with Crippen LogP contribution in [-0.4, -0.2) is 23.6 Å². The van der Waals surface area contributed by atoms with Gasteiger partial charge < -0.3 is 5.32 Å². The Morgan fingerprint density at radius 2 is 1.75 bits per heavy atom. The lowest BCUT2D eigenvalue weighted by Gasteiger charge is -2.07. The van der Waals surface area contributed by atoms with E-state index in [4.69, 9.17) is 5.21 Å². The second kappa shape index (κ2) is 9.15. The molecule has 2 amide bonds. The van der Waals surface area contributed by atoms with Crippen molar-refractivity contribution in [1.29, 1.82) is 0 Å². The Bertz CT molecular complexity index is 217. The van der Waals surface area contributed by atoms with Crippen LogP contribution >= 0.6 is 0 Å². The summed E-state index contributed by atoms with van der Waals surface area (Å²) in [5.41, 5.74) is 1.60. The SMILES string of the molecule is CC(C)C(=O)NCCCCCCC(=O)NO. The van der Waals surface area contributed by atoms with Crippen LogP contribution in [0.5, 0.6) is 0 Å². The third kappa shape index (κ3) is 8.23. The minimum atomic E-state index is -0.340. The summed E-state index contributed by atoms with van der Waals surface area (Å²) in [6.07, 6.45) is 3.97. The molecule has 0 aliphatic heterocycles. The smallest absolute Gasteiger partial charge is 0.243 e. The van der Waals surface area contributed by atoms with E-state index in [1.54, 1.807) is 5.48 Å². The molecule has 5 heteroatoms. The van der Waals surface area contributed by atoms with Gasteiger partial charge in [-0.15, -0.1) is 0 Å². The first-order chi connectivity index (χ1) is 7.57. The molecular weight excluding hydrogens is 208 g/mol. The third-order valence-corrected chi connectivity index (χ3v) is 2.28. The van der Waals surface area contributed by atoms with E-state index < -0.39 is 0 Å². The highest BCUT2D eigenvalue weighted by Crippen LogP contribution is 2.02. The Labute approximate surface area is 96.6 Å². The van der Waals surface area contributed by atoms with E-state index in [1.165, 1.54) is 0 Å². The van der Waals surface area contributed by atoms with Crippen molar-refractivity contribution in [3.8, 4) is 0 Å². The highest BCUT2D eigenvalue weighted by Gasteiger charge is 2.04. The van der Waals surface area contributed by atoms with E-state index in [9.17, 15) is 9.59 Å². The molecule has 0 aromatic heterocycles. The average Bonchev–Trinajstić information content (AvgIpc) is 2.26. The maximum atomic E-state index is 11.2. The van der Waals surface area contributed by atoms with Crippen LogP contribution in [0.25, 0.3) is 0 Å². The minimum absolute atomic E-state index is 0.0354. The summed E-state index contributed by atoms with van der Waals surface area (Å²) in [6.45, 7) is 4.43. The number of carbonyl (C=O) groups excluding carboxylic acids is 2. The van der Waals surface area contributed by atoms with Crippen LogP contribution in [0, 0.1) is 5.92 Å². The van der Waals surface area contributed by atoms with Gasteiger partial charge in [0.1, 0.15) is 0 Å². The van der Waals surface area contributed by atoms with Crippen molar-refractivity contribution in [2.45, 2.75) is 46.0 Å². The number of nitrogens with one attached hydrogen (secondary N) is 2. The molecule has 0 saturated carbocycles. The van der Waals surface area contributed by atoms with Gasteiger partial charge in [-0.25, -0.2) is 5.48 Å². The summed E-state index contributed by atoms with van der Waals surface area (Å²) in [4.78, 5) is 21.8. The Morgan fingerprint density at radius 3 is 2.31 bits per heavy atom. The summed E-state index contributed by atoms with van der Waals surface area (Å²) in [5.74, 6) is -0.221. The molecule has 94 valence electrons. The molecule has 0 unspecified atom stereocenters. The third-order valence-electron chi connectivity index (χ3n) is 2.28. The molecule has 0 aromatic rings. The number of hydrogen-bond donors (Lipinski definition) is 3. The minimum Gasteiger partial charge on any atom is -0.356 e. The molecule has 0 aromatic carbocycles. The fourth-order valence-electron chi connectivity index (χ4n) is 1.24. The number of amides is 2. The number of hydrogen-bond acceptors (Lipinski definition) is 3. The van der Waals surface area contributed by atoms with Gasteiger partial charge in [0, 0.05) is 18.9 Å². The largest absolute Gasteiger partial charge is 0.356 e. The van der Waals surface area contributed by atoms with E-state index in [0.29, 0.717) is 13.0 Å². The van der Waals surface area contributed by atoms with Crippen LogP contribution in [0.2, 0.25) is 0 Å². The fourth-order valence-corrected chi connectivity index (χ4v) is 1.24. The summed E-state index contributed by atoms with van der Waals surface area (Å²) >= 11 is 0. The summed E-state index contributed by atoms with van der Waals surface area (Å²) in [5, 5.41) is 11.1. The van der Waals surface area contributed by atoms with Crippen molar-refractivity contribution in [1.82, 2.24) is 10.8 Å². The molecule has 3 N–H and O–H groups in total. The van der Waals surface area contributed by atoms with Gasteiger partial charge in [0.05, 0.1) is 0 Å². The van der Waals surface area contributed by atoms with Gasteiger partial charge in [0.2, 0.25) is 11.8 Å². The van der Waals surface area contributed by atoms with Crippen molar-refractivity contribution in [2.75, 3.05) is 6.54 Å². The van der Waals surface area contributed by atoms with Gasteiger partial charge >= 0.3 is 0 Å². The van der Waals surface area contributed by atoms with E-state index >= 15 is 0 Å². The predicted molar refractivity (Wildman–Crippen MR) is 60.9 cm³/mol. The molecule has 16 heavy (non-hydrogen) atoms. The van der Waals surface area contributed by atoms with Crippen LogP contribution in [0.4, 0.5) is 0 Å². The molecule has 0 rings (SSSR count). The van der Waals surface area contributed by atoms with Gasteiger partial charge in [0.15, 0.2) is 0 Å². The van der Waals surface area contributed by atoms with Gasteiger partial charge in [-0.05, 0) is 12.8 Å². The Kier molecular flexibility index (Phi) is 8.52. The van der Waals surface area contributed by atoms with E-state index in [1.807, 2.05) is 13.8 Å². The normalized spacial score (nSPS) is 10.2. The van der Waals surface area contributed by atoms with Gasteiger partial charge in [-0.1, -0.05) is 26.7 Å². The first-order valence-corrected chi connectivity index (χ1v) is 5.78. The van der Waals surface area contributed by atoms with Crippen LogP contribution in [0.1, 0.15) is 46.0 Å². The first-order valence-electron chi connectivity index (χ1n) is 5.78. The number of unbranched alkanes of at least 4 members (excludes halogenated alkanes) is 3. The molecule has 0 saturated heterocycles.